The van der Waals surface area contributed by atoms with Crippen molar-refractivity contribution in [2.24, 2.45) is 0 Å². The summed E-state index contributed by atoms with van der Waals surface area (Å²) in [7, 11) is 0. The molecule has 0 aliphatic heterocycles. The summed E-state index contributed by atoms with van der Waals surface area (Å²) in [5.74, 6) is 0. The van der Waals surface area contributed by atoms with Gasteiger partial charge in [0.25, 0.3) is 0 Å². The molecule has 0 amide bonds. The summed E-state index contributed by atoms with van der Waals surface area (Å²) in [5.41, 5.74) is 0. The molecule has 0 aromatic carbocycles. The molecule has 0 aliphatic rings. The van der Waals surface area contributed by atoms with Gasteiger partial charge in [0.2, 0.25) is 0 Å². The van der Waals surface area contributed by atoms with E-state index in [1.165, 1.54) is 0 Å². The molecule has 0 bridgehead atoms. The van der Waals surface area contributed by atoms with E-state index < -0.39 is 0 Å². The molecule has 0 saturated heterocycles. The van der Waals surface area contributed by atoms with Crippen LogP contribution >= 0.6 is 9.90 Å². The van der Waals surface area contributed by atoms with Crippen molar-refractivity contribution >= 4 is 80.0 Å². The van der Waals surface area contributed by atoms with Gasteiger partial charge in [-0.15, -0.1) is 0 Å². The second-order valence-electron chi connectivity index (χ2n) is 0. The minimum absolute atomic E-state index is 0. The van der Waals surface area contributed by atoms with Crippen LogP contribution in [0.4, 0.5) is 0 Å². The van der Waals surface area contributed by atoms with Crippen LogP contribution in [0.1, 0.15) is 0 Å². The third-order valence-corrected chi connectivity index (χ3v) is 0. The molecule has 4 heavy (non-hydrogen) atoms. The van der Waals surface area contributed by atoms with Gasteiger partial charge in [-0.05, 0) is 0 Å². The average molecular weight is 348 g/mol. The summed E-state index contributed by atoms with van der Waals surface area (Å²) < 4.78 is 0. The maximum atomic E-state index is 0. The van der Waals surface area contributed by atoms with Gasteiger partial charge in [-0.1, -0.05) is 0 Å². The van der Waals surface area contributed by atoms with E-state index in [1.54, 1.807) is 0 Å². The van der Waals surface area contributed by atoms with Crippen LogP contribution in [-0.2, 0) is 0 Å². The van der Waals surface area contributed by atoms with Crippen LogP contribution in [0.5, 0.6) is 0 Å². The Morgan fingerprint density at radius 3 is 1.00 bits per heavy atom. The summed E-state index contributed by atoms with van der Waals surface area (Å²) in [6.45, 7) is 0. The fraction of sp³-hybridized carbons (Fsp3) is 0. The van der Waals surface area contributed by atoms with Crippen molar-refractivity contribution in [3.8, 4) is 0 Å². The first kappa shape index (κ1) is 29.5. The van der Waals surface area contributed by atoms with Gasteiger partial charge in [0.15, 0.2) is 0 Å². The first-order chi connectivity index (χ1) is 0. The first-order valence-electron chi connectivity index (χ1n) is 0. The molecule has 0 fully saturated rings. The van der Waals surface area contributed by atoms with E-state index in [2.05, 4.69) is 0 Å². The molecule has 0 aromatic heterocycles. The Balaban J connectivity index is 0. The van der Waals surface area contributed by atoms with Gasteiger partial charge in [-0.2, -0.15) is 9.90 Å². The molecule has 1 radical (unpaired) electrons. The van der Waals surface area contributed by atoms with E-state index in [9.17, 15) is 0 Å². The summed E-state index contributed by atoms with van der Waals surface area (Å²) in [4.78, 5) is 0. The summed E-state index contributed by atoms with van der Waals surface area (Å²) in [6.07, 6.45) is 0. The number of rotatable bonds is 0. The van der Waals surface area contributed by atoms with Crippen molar-refractivity contribution in [2.45, 2.75) is 0 Å². The van der Waals surface area contributed by atoms with Crippen LogP contribution in [0.3, 0.4) is 0 Å². The Kier molecular flexibility index (Phi) is 126. The van der Waals surface area contributed by atoms with Crippen molar-refractivity contribution in [3.05, 3.63) is 0 Å². The van der Waals surface area contributed by atoms with Crippen LogP contribution in [0, 0.1) is 0 Å². The Hall–Kier alpha value is 2.75. The third-order valence-electron chi connectivity index (χ3n) is 0. The van der Waals surface area contributed by atoms with Crippen LogP contribution in [0.15, 0.2) is 0 Å². The maximum absolute atomic E-state index is 0. The molecule has 1 atom stereocenters. The molecule has 0 saturated carbocycles. The number of hydrogen-bond donors (Lipinski definition) is 0. The van der Waals surface area contributed by atoms with Gasteiger partial charge >= 0.3 is 70.1 Å². The Morgan fingerprint density at radius 2 is 1.00 bits per heavy atom. The topological polar surface area (TPSA) is 0 Å². The fourth-order valence-corrected chi connectivity index (χ4v) is 0. The van der Waals surface area contributed by atoms with Gasteiger partial charge in [0, 0.05) is 0 Å². The van der Waals surface area contributed by atoms with E-state index >= 15 is 0 Å². The van der Waals surface area contributed by atoms with Crippen molar-refractivity contribution < 1.29 is 0 Å². The van der Waals surface area contributed by atoms with Crippen LogP contribution in [0.2, 0.25) is 0 Å². The monoisotopic (exact) mass is 347 g/mol. The van der Waals surface area contributed by atoms with E-state index in [-0.39, 0.29) is 80.0 Å². The zero-order valence-corrected chi connectivity index (χ0v) is 5.99. The summed E-state index contributed by atoms with van der Waals surface area (Å²) in [6, 6.07) is 0. The quantitative estimate of drug-likeness (QED) is 0.319. The van der Waals surface area contributed by atoms with Crippen LogP contribution in [0.25, 0.3) is 0 Å². The predicted molar refractivity (Wildman–Crippen MR) is 39.5 cm³/mol. The van der Waals surface area contributed by atoms with Gasteiger partial charge in [-0.3, -0.25) is 0 Å². The average Bonchev–Trinajstić information content (AvgIpc) is 0. The van der Waals surface area contributed by atoms with E-state index in [1.807, 2.05) is 0 Å². The molecular weight excluding hydrogens is 337 g/mol. The van der Waals surface area contributed by atoms with Crippen LogP contribution < -0.4 is 0 Å². The second kappa shape index (κ2) is 17.1. The fourth-order valence-electron chi connectivity index (χ4n) is 0. The summed E-state index contributed by atoms with van der Waals surface area (Å²) in [5, 5.41) is 0. The van der Waals surface area contributed by atoms with Crippen molar-refractivity contribution in [3.63, 3.8) is 0 Å². The predicted octanol–water partition coefficient (Wildman–Crippen LogP) is -3.23. The zero-order chi connectivity index (χ0) is 0. The molecule has 27 valence electrons. The Bertz CT molecular complexity index is 8.00. The molecule has 0 nitrogen and oxygen atoms in total. The zero-order valence-electron chi connectivity index (χ0n) is 1.28. The molecular formula is H11GaInPSb. The van der Waals surface area contributed by atoms with Crippen molar-refractivity contribution in [2.75, 3.05) is 0 Å². The first-order valence-corrected chi connectivity index (χ1v) is 0. The second-order valence-corrected chi connectivity index (χ2v) is 0. The third kappa shape index (κ3) is 8.83. The van der Waals surface area contributed by atoms with Crippen molar-refractivity contribution in [1.82, 2.24) is 0 Å². The van der Waals surface area contributed by atoms with Gasteiger partial charge in [0.1, 0.15) is 0 Å². The van der Waals surface area contributed by atoms with Gasteiger partial charge in [0.05, 0.1) is 0 Å². The molecule has 0 aliphatic carbocycles. The normalized spacial score (nSPS) is 0. The molecule has 0 heterocycles. The van der Waals surface area contributed by atoms with E-state index in [0.717, 1.165) is 0 Å². The molecule has 0 N–H and O–H groups in total. The van der Waals surface area contributed by atoms with Gasteiger partial charge in [-0.25, -0.2) is 0 Å². The molecule has 0 rings (SSSR count). The molecule has 1 unspecified atom stereocenters. The standard InChI is InChI=1S/Ga.In.H3P.Sb.8H/h;;1H3;;;;;;;;;. The molecule has 0 aromatic rings. The Labute approximate surface area is 78.8 Å². The van der Waals surface area contributed by atoms with Gasteiger partial charge < -0.3 is 0 Å². The van der Waals surface area contributed by atoms with Crippen LogP contribution in [-0.4, -0.2) is 70.1 Å². The SMILES string of the molecule is P.[GaH3].[InH3].[SbH2]. The molecule has 4 heteroatoms. The minimum atomic E-state index is 0. The van der Waals surface area contributed by atoms with E-state index in [0.29, 0.717) is 0 Å². The molecule has 0 spiro atoms. The van der Waals surface area contributed by atoms with E-state index in [4.69, 9.17) is 0 Å². The van der Waals surface area contributed by atoms with Crippen molar-refractivity contribution in [1.29, 1.82) is 0 Å². The number of hydrogen-bond acceptors (Lipinski definition) is 0. The Morgan fingerprint density at radius 1 is 1.00 bits per heavy atom. The summed E-state index contributed by atoms with van der Waals surface area (Å²) >= 11 is 0.